The zero-order valence-electron chi connectivity index (χ0n) is 9.78. The van der Waals surface area contributed by atoms with Crippen LogP contribution >= 0.6 is 16.1 Å². The summed E-state index contributed by atoms with van der Waals surface area (Å²) in [5.41, 5.74) is 0. The molecule has 0 heterocycles. The Labute approximate surface area is 94.7 Å². The molecule has 5 heteroatoms. The maximum atomic E-state index is 11.3. The Morgan fingerprint density at radius 2 is 1.20 bits per heavy atom. The van der Waals surface area contributed by atoms with Crippen molar-refractivity contribution in [3.8, 4) is 0 Å². The summed E-state index contributed by atoms with van der Waals surface area (Å²) in [6.07, 6.45) is 7.26. The fourth-order valence-electron chi connectivity index (χ4n) is 1.17. The second-order valence-electron chi connectivity index (χ2n) is 3.61. The first-order chi connectivity index (χ1) is 7.20. The highest BCUT2D eigenvalue weighted by Gasteiger charge is 2.32. The van der Waals surface area contributed by atoms with E-state index < -0.39 is 16.1 Å². The standard InChI is InChI=1S/C10H22O3P2/c1-3-5-7-9-14(11)13-15(12)10-8-6-4-2/h3-10H2,1-2H3/q+2. The topological polar surface area (TPSA) is 43.4 Å². The maximum absolute atomic E-state index is 11.3. The molecule has 0 aliphatic heterocycles. The molecule has 0 fully saturated rings. The molecule has 3 nitrogen and oxygen atoms in total. The van der Waals surface area contributed by atoms with Gasteiger partial charge in [0.05, 0.1) is 0 Å². The number of unbranched alkanes of at least 4 members (excludes halogenated alkanes) is 4. The van der Waals surface area contributed by atoms with Crippen LogP contribution in [-0.2, 0) is 13.4 Å². The van der Waals surface area contributed by atoms with Crippen LogP contribution in [0.2, 0.25) is 0 Å². The van der Waals surface area contributed by atoms with Crippen molar-refractivity contribution >= 4 is 16.1 Å². The summed E-state index contributed by atoms with van der Waals surface area (Å²) in [7, 11) is -3.37. The van der Waals surface area contributed by atoms with Gasteiger partial charge in [-0.25, -0.2) is 0 Å². The molecule has 0 radical (unpaired) electrons. The summed E-state index contributed by atoms with van der Waals surface area (Å²) < 4.78 is 27.6. The van der Waals surface area contributed by atoms with E-state index in [1.54, 1.807) is 0 Å². The highest BCUT2D eigenvalue weighted by Crippen LogP contribution is 2.39. The van der Waals surface area contributed by atoms with E-state index in [0.717, 1.165) is 38.5 Å². The maximum Gasteiger partial charge on any atom is 0.561 e. The van der Waals surface area contributed by atoms with Crippen LogP contribution in [0.3, 0.4) is 0 Å². The molecule has 0 saturated heterocycles. The van der Waals surface area contributed by atoms with E-state index in [2.05, 4.69) is 13.8 Å². The Morgan fingerprint density at radius 1 is 0.800 bits per heavy atom. The molecule has 15 heavy (non-hydrogen) atoms. The lowest BCUT2D eigenvalue weighted by Gasteiger charge is -1.86. The highest BCUT2D eigenvalue weighted by atomic mass is 31.2. The van der Waals surface area contributed by atoms with Gasteiger partial charge < -0.3 is 0 Å². The van der Waals surface area contributed by atoms with Crippen LogP contribution < -0.4 is 0 Å². The van der Waals surface area contributed by atoms with Crippen molar-refractivity contribution in [2.45, 2.75) is 52.4 Å². The number of rotatable bonds is 10. The smallest absolute Gasteiger partial charge is 0.0654 e. The van der Waals surface area contributed by atoms with Gasteiger partial charge in [-0.15, -0.1) is 0 Å². The summed E-state index contributed by atoms with van der Waals surface area (Å²) in [5, 5.41) is 0. The van der Waals surface area contributed by atoms with Gasteiger partial charge >= 0.3 is 16.1 Å². The lowest BCUT2D eigenvalue weighted by Crippen LogP contribution is -1.83. The second kappa shape index (κ2) is 10.7. The summed E-state index contributed by atoms with van der Waals surface area (Å²) in [6.45, 7) is 4.19. The van der Waals surface area contributed by atoms with E-state index in [0.29, 0.717) is 12.3 Å². The average Bonchev–Trinajstić information content (AvgIpc) is 2.18. The van der Waals surface area contributed by atoms with Crippen molar-refractivity contribution in [3.63, 3.8) is 0 Å². The fraction of sp³-hybridized carbons (Fsp3) is 1.00. The van der Waals surface area contributed by atoms with E-state index in [1.807, 2.05) is 0 Å². The molecule has 0 spiro atoms. The lowest BCUT2D eigenvalue weighted by molar-refractivity contribution is 0.484. The van der Waals surface area contributed by atoms with Gasteiger partial charge in [0, 0.05) is 0 Å². The molecule has 0 saturated carbocycles. The molecule has 0 rings (SSSR count). The van der Waals surface area contributed by atoms with Crippen LogP contribution in [-0.4, -0.2) is 12.3 Å². The lowest BCUT2D eigenvalue weighted by atomic mass is 10.3. The Hall–Kier alpha value is 0.160. The molecule has 0 aromatic carbocycles. The van der Waals surface area contributed by atoms with Gasteiger partial charge in [0.15, 0.2) is 12.3 Å². The molecule has 0 aliphatic rings. The minimum absolute atomic E-state index is 0.554. The largest absolute Gasteiger partial charge is 0.561 e. The first kappa shape index (κ1) is 15.2. The Kier molecular flexibility index (Phi) is 10.8. The van der Waals surface area contributed by atoms with Crippen LogP contribution in [0, 0.1) is 0 Å². The Balaban J connectivity index is 3.45. The second-order valence-corrected chi connectivity index (χ2v) is 6.49. The molecule has 0 N–H and O–H groups in total. The van der Waals surface area contributed by atoms with E-state index in [1.165, 1.54) is 0 Å². The first-order valence-corrected chi connectivity index (χ1v) is 8.50. The van der Waals surface area contributed by atoms with E-state index >= 15 is 0 Å². The normalized spacial score (nSPS) is 12.7. The average molecular weight is 252 g/mol. The van der Waals surface area contributed by atoms with E-state index in [9.17, 15) is 9.13 Å². The fourth-order valence-corrected chi connectivity index (χ4v) is 3.59. The van der Waals surface area contributed by atoms with Crippen molar-refractivity contribution < 1.29 is 13.4 Å². The molecule has 0 amide bonds. The van der Waals surface area contributed by atoms with Crippen molar-refractivity contribution in [1.29, 1.82) is 0 Å². The van der Waals surface area contributed by atoms with Crippen LogP contribution in [0.25, 0.3) is 0 Å². The van der Waals surface area contributed by atoms with Crippen molar-refractivity contribution in [2.75, 3.05) is 12.3 Å². The summed E-state index contributed by atoms with van der Waals surface area (Å²) in [6, 6.07) is 0. The van der Waals surface area contributed by atoms with Gasteiger partial charge in [-0.3, -0.25) is 0 Å². The molecule has 88 valence electrons. The third kappa shape index (κ3) is 10.4. The van der Waals surface area contributed by atoms with Gasteiger partial charge in [-0.1, -0.05) is 26.7 Å². The van der Waals surface area contributed by atoms with Gasteiger partial charge in [-0.2, -0.15) is 0 Å². The van der Waals surface area contributed by atoms with Crippen molar-refractivity contribution in [2.24, 2.45) is 0 Å². The van der Waals surface area contributed by atoms with Gasteiger partial charge in [0.25, 0.3) is 0 Å². The van der Waals surface area contributed by atoms with E-state index in [4.69, 9.17) is 4.31 Å². The minimum Gasteiger partial charge on any atom is -0.0654 e. The first-order valence-electron chi connectivity index (χ1n) is 5.78. The zero-order valence-corrected chi connectivity index (χ0v) is 11.6. The summed E-state index contributed by atoms with van der Waals surface area (Å²) in [5.74, 6) is 0. The predicted molar refractivity (Wildman–Crippen MR) is 65.1 cm³/mol. The number of hydrogen-bond acceptors (Lipinski definition) is 3. The van der Waals surface area contributed by atoms with Crippen LogP contribution in [0.1, 0.15) is 52.4 Å². The van der Waals surface area contributed by atoms with Gasteiger partial charge in [-0.05, 0) is 34.8 Å². The molecule has 0 aromatic rings. The molecule has 2 atom stereocenters. The Morgan fingerprint density at radius 3 is 1.53 bits per heavy atom. The summed E-state index contributed by atoms with van der Waals surface area (Å²) in [4.78, 5) is 0. The number of hydrogen-bond donors (Lipinski definition) is 0. The molecule has 0 bridgehead atoms. The van der Waals surface area contributed by atoms with Crippen LogP contribution in [0.15, 0.2) is 0 Å². The van der Waals surface area contributed by atoms with Crippen LogP contribution in [0.4, 0.5) is 0 Å². The predicted octanol–water partition coefficient (Wildman–Crippen LogP) is 4.87. The SMILES string of the molecule is CCCCC[P+](=O)O[P+](=O)CCCCC. The van der Waals surface area contributed by atoms with Gasteiger partial charge in [0.1, 0.15) is 4.31 Å². The molecule has 0 aliphatic carbocycles. The van der Waals surface area contributed by atoms with Crippen molar-refractivity contribution in [3.05, 3.63) is 0 Å². The van der Waals surface area contributed by atoms with Crippen LogP contribution in [0.5, 0.6) is 0 Å². The molecular formula is C10H22O3P2+2. The highest BCUT2D eigenvalue weighted by molar-refractivity contribution is 7.53. The third-order valence-electron chi connectivity index (χ3n) is 2.07. The van der Waals surface area contributed by atoms with E-state index in [-0.39, 0.29) is 0 Å². The quantitative estimate of drug-likeness (QED) is 0.411. The third-order valence-corrected chi connectivity index (χ3v) is 4.89. The molecule has 2 unspecified atom stereocenters. The summed E-state index contributed by atoms with van der Waals surface area (Å²) >= 11 is 0. The minimum atomic E-state index is -1.69. The molecular weight excluding hydrogens is 230 g/mol. The van der Waals surface area contributed by atoms with Gasteiger partial charge in [0.2, 0.25) is 0 Å². The van der Waals surface area contributed by atoms with Crippen molar-refractivity contribution in [1.82, 2.24) is 0 Å². The molecule has 0 aromatic heterocycles. The zero-order chi connectivity index (χ0) is 11.5. The Bertz CT molecular complexity index is 175. The monoisotopic (exact) mass is 252 g/mol.